The molecule has 0 amide bonds. The molecule has 0 aromatic heterocycles. The van der Waals surface area contributed by atoms with Crippen LogP contribution in [0.5, 0.6) is 0 Å². The van der Waals surface area contributed by atoms with E-state index in [0.29, 0.717) is 0 Å². The fraction of sp³-hybridized carbons (Fsp3) is 0.364. The Morgan fingerprint density at radius 1 is 1.05 bits per heavy atom. The van der Waals surface area contributed by atoms with E-state index in [0.717, 1.165) is 11.9 Å². The predicted octanol–water partition coefficient (Wildman–Crippen LogP) is 2.53. The molecule has 0 bridgehead atoms. The molecule has 1 atom stereocenters. The molecule has 1 aromatic rings. The highest BCUT2D eigenvalue weighted by molar-refractivity contribution is 5.78. The first-order valence-corrected chi connectivity index (χ1v) is 5.25. The summed E-state index contributed by atoms with van der Waals surface area (Å²) in [6.45, 7) is 1.44. The summed E-state index contributed by atoms with van der Waals surface area (Å²) in [5.74, 6) is -10.3. The molecule has 19 heavy (non-hydrogen) atoms. The molecule has 0 spiro atoms. The van der Waals surface area contributed by atoms with E-state index in [-0.39, 0.29) is 12.3 Å². The first kappa shape index (κ1) is 15.2. The quantitative estimate of drug-likeness (QED) is 0.293. The lowest BCUT2D eigenvalue weighted by molar-refractivity contribution is 0.377. The van der Waals surface area contributed by atoms with Gasteiger partial charge in [-0.15, -0.1) is 0 Å². The van der Waals surface area contributed by atoms with E-state index in [9.17, 15) is 22.0 Å². The summed E-state index contributed by atoms with van der Waals surface area (Å²) in [4.78, 5) is 0.859. The molecule has 3 nitrogen and oxygen atoms in total. The standard InChI is InChI=1S/C11H12F5N3/c1-4(3-5(17)18)19(2)11-9(15)7(13)6(12)8(14)10(11)16/h4H,3H2,1-2H3,(H3,17,18). The van der Waals surface area contributed by atoms with Gasteiger partial charge in [0.2, 0.25) is 5.82 Å². The Morgan fingerprint density at radius 2 is 1.42 bits per heavy atom. The van der Waals surface area contributed by atoms with Crippen LogP contribution >= 0.6 is 0 Å². The van der Waals surface area contributed by atoms with Gasteiger partial charge >= 0.3 is 0 Å². The molecule has 0 saturated carbocycles. The van der Waals surface area contributed by atoms with E-state index in [2.05, 4.69) is 0 Å². The highest BCUT2D eigenvalue weighted by atomic mass is 19.2. The fourth-order valence-electron chi connectivity index (χ4n) is 1.58. The number of nitrogens with zero attached hydrogens (tertiary/aromatic N) is 1. The van der Waals surface area contributed by atoms with Gasteiger partial charge < -0.3 is 10.6 Å². The number of hydrogen-bond donors (Lipinski definition) is 2. The van der Waals surface area contributed by atoms with Gasteiger partial charge in [-0.3, -0.25) is 5.41 Å². The summed E-state index contributed by atoms with van der Waals surface area (Å²) in [5, 5.41) is 7.06. The van der Waals surface area contributed by atoms with Gasteiger partial charge in [0.1, 0.15) is 5.69 Å². The van der Waals surface area contributed by atoms with E-state index in [1.165, 1.54) is 6.92 Å². The molecule has 1 rings (SSSR count). The Morgan fingerprint density at radius 3 is 1.79 bits per heavy atom. The monoisotopic (exact) mass is 281 g/mol. The maximum absolute atomic E-state index is 13.5. The maximum Gasteiger partial charge on any atom is 0.200 e. The molecule has 106 valence electrons. The van der Waals surface area contributed by atoms with Crippen LogP contribution < -0.4 is 10.6 Å². The molecule has 8 heteroatoms. The smallest absolute Gasteiger partial charge is 0.200 e. The van der Waals surface area contributed by atoms with E-state index in [1.54, 1.807) is 0 Å². The minimum atomic E-state index is -2.20. The largest absolute Gasteiger partial charge is 0.388 e. The number of rotatable bonds is 4. The van der Waals surface area contributed by atoms with Crippen molar-refractivity contribution in [3.63, 3.8) is 0 Å². The Bertz CT molecular complexity index is 489. The third kappa shape index (κ3) is 2.77. The molecule has 3 N–H and O–H groups in total. The third-order valence-electron chi connectivity index (χ3n) is 2.72. The SMILES string of the molecule is CC(CC(=N)N)N(C)c1c(F)c(F)c(F)c(F)c1F. The minimum Gasteiger partial charge on any atom is -0.388 e. The summed E-state index contributed by atoms with van der Waals surface area (Å²) >= 11 is 0. The number of amidine groups is 1. The second-order valence-corrected chi connectivity index (χ2v) is 4.11. The second-order valence-electron chi connectivity index (χ2n) is 4.11. The number of nitrogens with one attached hydrogen (secondary N) is 1. The van der Waals surface area contributed by atoms with Gasteiger partial charge in [0.05, 0.1) is 5.84 Å². The van der Waals surface area contributed by atoms with Crippen LogP contribution in [-0.2, 0) is 0 Å². The Hall–Kier alpha value is -1.86. The number of halogens is 5. The topological polar surface area (TPSA) is 53.1 Å². The van der Waals surface area contributed by atoms with Gasteiger partial charge in [0.25, 0.3) is 0 Å². The zero-order chi connectivity index (χ0) is 14.9. The Kier molecular flexibility index (Phi) is 4.33. The van der Waals surface area contributed by atoms with Crippen LogP contribution in [0.15, 0.2) is 0 Å². The second kappa shape index (κ2) is 5.41. The lowest BCUT2D eigenvalue weighted by Crippen LogP contribution is -2.34. The van der Waals surface area contributed by atoms with Crippen molar-refractivity contribution in [1.82, 2.24) is 0 Å². The predicted molar refractivity (Wildman–Crippen MR) is 60.6 cm³/mol. The number of nitrogens with two attached hydrogens (primary N) is 1. The lowest BCUT2D eigenvalue weighted by atomic mass is 10.1. The first-order chi connectivity index (χ1) is 8.68. The summed E-state index contributed by atoms with van der Waals surface area (Å²) < 4.78 is 65.9. The number of hydrogen-bond acceptors (Lipinski definition) is 2. The van der Waals surface area contributed by atoms with Crippen molar-refractivity contribution in [2.75, 3.05) is 11.9 Å². The van der Waals surface area contributed by atoms with Gasteiger partial charge in [-0.05, 0) is 6.92 Å². The summed E-state index contributed by atoms with van der Waals surface area (Å²) in [7, 11) is 1.16. The zero-order valence-electron chi connectivity index (χ0n) is 10.2. The zero-order valence-corrected chi connectivity index (χ0v) is 10.2. The Labute approximate surface area is 106 Å². The summed E-state index contributed by atoms with van der Waals surface area (Å²) in [6, 6.07) is -0.703. The van der Waals surface area contributed by atoms with Crippen LogP contribution in [0.4, 0.5) is 27.6 Å². The van der Waals surface area contributed by atoms with Crippen molar-refractivity contribution in [3.8, 4) is 0 Å². The van der Waals surface area contributed by atoms with Crippen molar-refractivity contribution in [2.45, 2.75) is 19.4 Å². The van der Waals surface area contributed by atoms with Crippen LogP contribution in [0.1, 0.15) is 13.3 Å². The van der Waals surface area contributed by atoms with Crippen molar-refractivity contribution < 1.29 is 22.0 Å². The van der Waals surface area contributed by atoms with Gasteiger partial charge in [-0.1, -0.05) is 0 Å². The molecular weight excluding hydrogens is 269 g/mol. The van der Waals surface area contributed by atoms with E-state index < -0.39 is 40.8 Å². The van der Waals surface area contributed by atoms with Crippen LogP contribution in [0, 0.1) is 34.5 Å². The molecule has 1 unspecified atom stereocenters. The number of anilines is 1. The van der Waals surface area contributed by atoms with Crippen molar-refractivity contribution in [1.29, 1.82) is 5.41 Å². The highest BCUT2D eigenvalue weighted by Crippen LogP contribution is 2.30. The van der Waals surface area contributed by atoms with E-state index in [1.807, 2.05) is 0 Å². The molecule has 0 heterocycles. The highest BCUT2D eigenvalue weighted by Gasteiger charge is 2.29. The molecular formula is C11H12F5N3. The van der Waals surface area contributed by atoms with Crippen LogP contribution in [0.2, 0.25) is 0 Å². The summed E-state index contributed by atoms with van der Waals surface area (Å²) in [6.07, 6.45) is -0.0734. The molecule has 0 aliphatic rings. The average molecular weight is 281 g/mol. The van der Waals surface area contributed by atoms with Crippen LogP contribution in [0.25, 0.3) is 0 Å². The minimum absolute atomic E-state index is 0.0734. The van der Waals surface area contributed by atoms with E-state index in [4.69, 9.17) is 11.1 Å². The lowest BCUT2D eigenvalue weighted by Gasteiger charge is -2.27. The summed E-state index contributed by atoms with van der Waals surface area (Å²) in [5.41, 5.74) is 4.09. The van der Waals surface area contributed by atoms with Gasteiger partial charge in [0, 0.05) is 19.5 Å². The molecule has 0 saturated heterocycles. The molecule has 1 aromatic carbocycles. The normalized spacial score (nSPS) is 12.4. The molecule has 0 aliphatic heterocycles. The number of benzene rings is 1. The van der Waals surface area contributed by atoms with Crippen molar-refractivity contribution in [3.05, 3.63) is 29.1 Å². The third-order valence-corrected chi connectivity index (χ3v) is 2.72. The maximum atomic E-state index is 13.5. The molecule has 0 aliphatic carbocycles. The first-order valence-electron chi connectivity index (χ1n) is 5.25. The van der Waals surface area contributed by atoms with Crippen molar-refractivity contribution >= 4 is 11.5 Å². The van der Waals surface area contributed by atoms with Gasteiger partial charge in [-0.25, -0.2) is 22.0 Å². The van der Waals surface area contributed by atoms with Gasteiger partial charge in [0.15, 0.2) is 23.3 Å². The van der Waals surface area contributed by atoms with Crippen LogP contribution in [-0.4, -0.2) is 18.9 Å². The molecule has 0 radical (unpaired) electrons. The van der Waals surface area contributed by atoms with E-state index >= 15 is 0 Å². The molecule has 0 fully saturated rings. The van der Waals surface area contributed by atoms with Gasteiger partial charge in [-0.2, -0.15) is 0 Å². The van der Waals surface area contributed by atoms with Crippen molar-refractivity contribution in [2.24, 2.45) is 5.73 Å². The fourth-order valence-corrected chi connectivity index (χ4v) is 1.58. The Balaban J connectivity index is 3.31. The van der Waals surface area contributed by atoms with Crippen LogP contribution in [0.3, 0.4) is 0 Å². The average Bonchev–Trinajstić information content (AvgIpc) is 2.33.